The monoisotopic (exact) mass is 258 g/mol. The van der Waals surface area contributed by atoms with Gasteiger partial charge in [0.05, 0.1) is 19.1 Å². The second-order valence-electron chi connectivity index (χ2n) is 3.68. The number of ether oxygens (including phenoxy) is 1. The first-order valence-electron chi connectivity index (χ1n) is 5.57. The number of carbonyl (C=O) groups excluding carboxylic acids is 1. The number of esters is 1. The standard InChI is InChI=1S/C11H18N2O3S/c1-3-16-11(15)4-9(14)5-12-6-10-13-8(2)7-17-10/h7,9,12,14H,3-6H2,1-2H3. The van der Waals surface area contributed by atoms with E-state index in [1.807, 2.05) is 12.3 Å². The molecule has 1 heterocycles. The first-order chi connectivity index (χ1) is 8.11. The van der Waals surface area contributed by atoms with Crippen LogP contribution in [0.5, 0.6) is 0 Å². The van der Waals surface area contributed by atoms with Gasteiger partial charge in [-0.25, -0.2) is 4.98 Å². The molecule has 1 aromatic heterocycles. The van der Waals surface area contributed by atoms with Gasteiger partial charge in [-0.05, 0) is 13.8 Å². The number of nitrogens with zero attached hydrogens (tertiary/aromatic N) is 1. The van der Waals surface area contributed by atoms with Crippen molar-refractivity contribution in [3.05, 3.63) is 16.1 Å². The molecule has 0 bridgehead atoms. The molecule has 2 N–H and O–H groups in total. The Kier molecular flexibility index (Phi) is 6.10. The average molecular weight is 258 g/mol. The molecule has 1 unspecified atom stereocenters. The maximum Gasteiger partial charge on any atom is 0.308 e. The van der Waals surface area contributed by atoms with Crippen LogP contribution in [-0.2, 0) is 16.1 Å². The normalized spacial score (nSPS) is 12.4. The number of aliphatic hydroxyl groups excluding tert-OH is 1. The van der Waals surface area contributed by atoms with Gasteiger partial charge in [-0.15, -0.1) is 11.3 Å². The molecule has 0 aliphatic rings. The van der Waals surface area contributed by atoms with Gasteiger partial charge in [0.2, 0.25) is 0 Å². The Morgan fingerprint density at radius 2 is 2.47 bits per heavy atom. The van der Waals surface area contributed by atoms with E-state index in [1.54, 1.807) is 18.3 Å². The lowest BCUT2D eigenvalue weighted by atomic mass is 10.2. The SMILES string of the molecule is CCOC(=O)CC(O)CNCc1nc(C)cs1. The van der Waals surface area contributed by atoms with Crippen LogP contribution in [-0.4, -0.2) is 35.3 Å². The van der Waals surface area contributed by atoms with Gasteiger partial charge in [-0.3, -0.25) is 4.79 Å². The maximum absolute atomic E-state index is 11.1. The van der Waals surface area contributed by atoms with Crippen molar-refractivity contribution in [2.45, 2.75) is 32.9 Å². The molecule has 0 spiro atoms. The van der Waals surface area contributed by atoms with E-state index in [2.05, 4.69) is 10.3 Å². The van der Waals surface area contributed by atoms with Crippen LogP contribution in [0.2, 0.25) is 0 Å². The Hall–Kier alpha value is -0.980. The Balaban J connectivity index is 2.15. The van der Waals surface area contributed by atoms with Crippen LogP contribution in [0, 0.1) is 6.92 Å². The fourth-order valence-corrected chi connectivity index (χ4v) is 2.06. The van der Waals surface area contributed by atoms with Gasteiger partial charge in [0.25, 0.3) is 0 Å². The van der Waals surface area contributed by atoms with Crippen LogP contribution in [0.25, 0.3) is 0 Å². The van der Waals surface area contributed by atoms with Gasteiger partial charge in [0.15, 0.2) is 0 Å². The summed E-state index contributed by atoms with van der Waals surface area (Å²) in [7, 11) is 0. The molecule has 0 amide bonds. The lowest BCUT2D eigenvalue weighted by Gasteiger charge is -2.10. The summed E-state index contributed by atoms with van der Waals surface area (Å²) < 4.78 is 4.74. The smallest absolute Gasteiger partial charge is 0.308 e. The Bertz CT molecular complexity index is 354. The molecule has 17 heavy (non-hydrogen) atoms. The van der Waals surface area contributed by atoms with Gasteiger partial charge in [-0.1, -0.05) is 0 Å². The number of aryl methyl sites for hydroxylation is 1. The van der Waals surface area contributed by atoms with Crippen molar-refractivity contribution in [3.63, 3.8) is 0 Å². The number of aliphatic hydroxyl groups is 1. The van der Waals surface area contributed by atoms with E-state index in [0.29, 0.717) is 19.7 Å². The molecule has 96 valence electrons. The summed E-state index contributed by atoms with van der Waals surface area (Å²) in [5.41, 5.74) is 0.999. The van der Waals surface area contributed by atoms with Crippen LogP contribution in [0.3, 0.4) is 0 Å². The lowest BCUT2D eigenvalue weighted by Crippen LogP contribution is -2.29. The van der Waals surface area contributed by atoms with Crippen molar-refractivity contribution in [1.29, 1.82) is 0 Å². The molecule has 1 atom stereocenters. The van der Waals surface area contributed by atoms with Crippen molar-refractivity contribution < 1.29 is 14.6 Å². The van der Waals surface area contributed by atoms with Gasteiger partial charge in [0, 0.05) is 24.2 Å². The summed E-state index contributed by atoms with van der Waals surface area (Å²) in [6, 6.07) is 0. The molecule has 1 rings (SSSR count). The fourth-order valence-electron chi connectivity index (χ4n) is 1.31. The summed E-state index contributed by atoms with van der Waals surface area (Å²) >= 11 is 1.58. The zero-order valence-corrected chi connectivity index (χ0v) is 10.9. The minimum Gasteiger partial charge on any atom is -0.466 e. The van der Waals surface area contributed by atoms with Gasteiger partial charge in [0.1, 0.15) is 5.01 Å². The Morgan fingerprint density at radius 3 is 3.06 bits per heavy atom. The molecular formula is C11H18N2O3S. The lowest BCUT2D eigenvalue weighted by molar-refractivity contribution is -0.145. The van der Waals surface area contributed by atoms with E-state index >= 15 is 0 Å². The Morgan fingerprint density at radius 1 is 1.71 bits per heavy atom. The summed E-state index contributed by atoms with van der Waals surface area (Å²) in [6.45, 7) is 5.00. The van der Waals surface area contributed by atoms with Gasteiger partial charge in [-0.2, -0.15) is 0 Å². The molecule has 0 aliphatic heterocycles. The summed E-state index contributed by atoms with van der Waals surface area (Å²) in [5, 5.41) is 15.6. The van der Waals surface area contributed by atoms with E-state index in [4.69, 9.17) is 4.74 Å². The van der Waals surface area contributed by atoms with E-state index in [0.717, 1.165) is 10.7 Å². The largest absolute Gasteiger partial charge is 0.466 e. The molecule has 0 saturated carbocycles. The molecule has 0 fully saturated rings. The number of thiazole rings is 1. The third-order valence-electron chi connectivity index (χ3n) is 2.03. The van der Waals surface area contributed by atoms with Crippen molar-refractivity contribution >= 4 is 17.3 Å². The van der Waals surface area contributed by atoms with Crippen LogP contribution in [0.15, 0.2) is 5.38 Å². The first-order valence-corrected chi connectivity index (χ1v) is 6.45. The molecule has 1 aromatic rings. The second-order valence-corrected chi connectivity index (χ2v) is 4.62. The molecule has 0 radical (unpaired) electrons. The highest BCUT2D eigenvalue weighted by Gasteiger charge is 2.11. The molecule has 0 aliphatic carbocycles. The zero-order valence-electron chi connectivity index (χ0n) is 10.1. The number of aromatic nitrogens is 1. The van der Waals surface area contributed by atoms with Crippen LogP contribution in [0.4, 0.5) is 0 Å². The summed E-state index contributed by atoms with van der Waals surface area (Å²) in [5.74, 6) is -0.369. The molecular weight excluding hydrogens is 240 g/mol. The fraction of sp³-hybridized carbons (Fsp3) is 0.636. The number of nitrogens with one attached hydrogen (secondary N) is 1. The highest BCUT2D eigenvalue weighted by atomic mass is 32.1. The van der Waals surface area contributed by atoms with E-state index in [1.165, 1.54) is 0 Å². The van der Waals surface area contributed by atoms with E-state index in [-0.39, 0.29) is 12.4 Å². The predicted octanol–water partition coefficient (Wildman–Crippen LogP) is 0.855. The van der Waals surface area contributed by atoms with Gasteiger partial charge < -0.3 is 15.2 Å². The van der Waals surface area contributed by atoms with Crippen molar-refractivity contribution in [1.82, 2.24) is 10.3 Å². The van der Waals surface area contributed by atoms with E-state index < -0.39 is 6.10 Å². The van der Waals surface area contributed by atoms with Gasteiger partial charge >= 0.3 is 5.97 Å². The quantitative estimate of drug-likeness (QED) is 0.710. The number of carbonyl (C=O) groups is 1. The topological polar surface area (TPSA) is 71.5 Å². The third kappa shape index (κ3) is 5.76. The zero-order chi connectivity index (χ0) is 12.7. The summed E-state index contributed by atoms with van der Waals surface area (Å²) in [4.78, 5) is 15.4. The minimum atomic E-state index is -0.713. The van der Waals surface area contributed by atoms with Crippen LogP contribution < -0.4 is 5.32 Å². The maximum atomic E-state index is 11.1. The molecule has 6 heteroatoms. The number of hydrogen-bond donors (Lipinski definition) is 2. The molecule has 0 saturated heterocycles. The number of hydrogen-bond acceptors (Lipinski definition) is 6. The molecule has 0 aromatic carbocycles. The Labute approximate surface area is 105 Å². The van der Waals surface area contributed by atoms with Crippen molar-refractivity contribution in [2.24, 2.45) is 0 Å². The molecule has 5 nitrogen and oxygen atoms in total. The van der Waals surface area contributed by atoms with Crippen molar-refractivity contribution in [2.75, 3.05) is 13.2 Å². The summed E-state index contributed by atoms with van der Waals surface area (Å²) in [6.07, 6.45) is -0.687. The van der Waals surface area contributed by atoms with Crippen molar-refractivity contribution in [3.8, 4) is 0 Å². The van der Waals surface area contributed by atoms with Crippen LogP contribution >= 0.6 is 11.3 Å². The number of rotatable bonds is 7. The third-order valence-corrected chi connectivity index (χ3v) is 3.00. The predicted molar refractivity (Wildman–Crippen MR) is 65.8 cm³/mol. The van der Waals surface area contributed by atoms with E-state index in [9.17, 15) is 9.90 Å². The first kappa shape index (κ1) is 14.1. The highest BCUT2D eigenvalue weighted by molar-refractivity contribution is 7.09. The minimum absolute atomic E-state index is 0.0255. The highest BCUT2D eigenvalue weighted by Crippen LogP contribution is 2.07. The van der Waals surface area contributed by atoms with Crippen LogP contribution in [0.1, 0.15) is 24.0 Å². The average Bonchev–Trinajstić information content (AvgIpc) is 2.64. The second kappa shape index (κ2) is 7.37.